The van der Waals surface area contributed by atoms with E-state index < -0.39 is 0 Å². The third-order valence-corrected chi connectivity index (χ3v) is 2.88. The van der Waals surface area contributed by atoms with Crippen LogP contribution in [0, 0.1) is 18.4 Å². The summed E-state index contributed by atoms with van der Waals surface area (Å²) < 4.78 is 2.30. The van der Waals surface area contributed by atoms with E-state index >= 15 is 0 Å². The number of unbranched alkanes of at least 4 members (excludes halogenated alkanes) is 5. The first-order chi connectivity index (χ1) is 9.74. The van der Waals surface area contributed by atoms with Crippen molar-refractivity contribution in [2.75, 3.05) is 0 Å². The van der Waals surface area contributed by atoms with E-state index in [2.05, 4.69) is 47.9 Å². The van der Waals surface area contributed by atoms with Crippen molar-refractivity contribution in [2.45, 2.75) is 58.9 Å². The van der Waals surface area contributed by atoms with Gasteiger partial charge in [0.2, 0.25) is 0 Å². The molecule has 0 atom stereocenters. The van der Waals surface area contributed by atoms with Crippen LogP contribution in [0.3, 0.4) is 0 Å². The zero-order valence-corrected chi connectivity index (χ0v) is 12.5. The summed E-state index contributed by atoms with van der Waals surface area (Å²) in [5.41, 5.74) is 1.35. The molecule has 0 aliphatic heterocycles. The van der Waals surface area contributed by atoms with Crippen molar-refractivity contribution >= 4 is 6.01 Å². The zero-order valence-electron chi connectivity index (χ0n) is 12.5. The quantitative estimate of drug-likeness (QED) is 0.322. The second-order valence-electron chi connectivity index (χ2n) is 4.70. The third-order valence-electron chi connectivity index (χ3n) is 2.88. The molecular weight excluding hydrogens is 248 g/mol. The van der Waals surface area contributed by atoms with Crippen LogP contribution in [-0.2, 0) is 6.54 Å². The van der Waals surface area contributed by atoms with Gasteiger partial charge in [-0.1, -0.05) is 32.6 Å². The molecule has 0 unspecified atom stereocenters. The van der Waals surface area contributed by atoms with Crippen LogP contribution in [0.5, 0.6) is 0 Å². The monoisotopic (exact) mass is 272 g/mol. The van der Waals surface area contributed by atoms with Gasteiger partial charge in [0.05, 0.1) is 6.19 Å². The lowest BCUT2D eigenvalue weighted by atomic mass is 10.1. The summed E-state index contributed by atoms with van der Waals surface area (Å²) in [4.78, 5) is 2.58. The van der Waals surface area contributed by atoms with Gasteiger partial charge in [-0.25, -0.2) is 4.57 Å². The third kappa shape index (κ3) is 11.1. The number of aromatic nitrogens is 1. The first kappa shape index (κ1) is 18.0. The minimum absolute atomic E-state index is 1.17. The summed E-state index contributed by atoms with van der Waals surface area (Å²) >= 11 is 0. The van der Waals surface area contributed by atoms with Crippen LogP contribution in [-0.4, -0.2) is 6.01 Å². The predicted octanol–water partition coefficient (Wildman–Crippen LogP) is 3.85. The molecule has 1 heterocycles. The second kappa shape index (κ2) is 13.5. The molecule has 1 aromatic rings. The fourth-order valence-corrected chi connectivity index (χ4v) is 1.89. The van der Waals surface area contributed by atoms with Gasteiger partial charge in [-0.15, -0.1) is 6.01 Å². The van der Waals surface area contributed by atoms with Crippen LogP contribution in [0.15, 0.2) is 29.5 Å². The smallest absolute Gasteiger partial charge is 0.171 e. The number of hydrogen-bond acceptors (Lipinski definition) is 2. The predicted molar refractivity (Wildman–Crippen MR) is 81.2 cm³/mol. The maximum Gasteiger partial charge on any atom is 0.171 e. The van der Waals surface area contributed by atoms with Crippen molar-refractivity contribution in [1.82, 2.24) is 0 Å². The van der Waals surface area contributed by atoms with Crippen LogP contribution in [0.25, 0.3) is 5.41 Å². The number of hydrogen-bond donors (Lipinski definition) is 0. The number of nitrogens with zero attached hydrogens (tertiary/aromatic N) is 4. The average Bonchev–Trinajstić information content (AvgIpc) is 2.44. The van der Waals surface area contributed by atoms with E-state index in [1.54, 1.807) is 0 Å². The Hall–Kier alpha value is -1.98. The van der Waals surface area contributed by atoms with Gasteiger partial charge in [0.15, 0.2) is 12.4 Å². The molecule has 1 aromatic heterocycles. The average molecular weight is 272 g/mol. The number of pyridine rings is 1. The molecule has 0 bridgehead atoms. The lowest BCUT2D eigenvalue weighted by molar-refractivity contribution is -0.697. The van der Waals surface area contributed by atoms with Crippen LogP contribution in [0.4, 0.5) is 0 Å². The molecule has 0 aliphatic carbocycles. The Bertz CT molecular complexity index is 442. The zero-order chi connectivity index (χ0) is 15.1. The van der Waals surface area contributed by atoms with Gasteiger partial charge in [-0.2, -0.15) is 5.26 Å². The molecular formula is C16H24N4. The highest BCUT2D eigenvalue weighted by molar-refractivity contribution is 5.46. The summed E-state index contributed by atoms with van der Waals surface area (Å²) in [6, 6.07) is 5.56. The molecule has 4 nitrogen and oxygen atoms in total. The summed E-state index contributed by atoms with van der Waals surface area (Å²) in [5.74, 6) is 0. The number of aliphatic imine (C=N–C) groups is 1. The summed E-state index contributed by atoms with van der Waals surface area (Å²) in [6.45, 7) is 5.59. The molecule has 0 aliphatic rings. The molecule has 0 fully saturated rings. The summed E-state index contributed by atoms with van der Waals surface area (Å²) in [7, 11) is 0. The van der Waals surface area contributed by atoms with E-state index in [9.17, 15) is 0 Å². The standard InChI is InChI=1S/C14H24N.C2N3/c1-3-4-5-6-7-8-11-15-12-9-10-14(2)13-15;3-1-5-2-4/h9-10,12-13H,3-8,11H2,1-2H3;/q+1;-1. The van der Waals surface area contributed by atoms with Gasteiger partial charge >= 0.3 is 0 Å². The van der Waals surface area contributed by atoms with Gasteiger partial charge < -0.3 is 10.4 Å². The fraction of sp³-hybridized carbons (Fsp3) is 0.562. The molecule has 0 spiro atoms. The maximum absolute atomic E-state index is 7.43. The number of rotatable bonds is 7. The lowest BCUT2D eigenvalue weighted by Gasteiger charge is -1.99. The Balaban J connectivity index is 0.000000621. The minimum Gasteiger partial charge on any atom is -0.422 e. The lowest BCUT2D eigenvalue weighted by Crippen LogP contribution is -2.32. The van der Waals surface area contributed by atoms with Crippen LogP contribution < -0.4 is 4.57 Å². The minimum atomic E-state index is 1.17. The van der Waals surface area contributed by atoms with E-state index in [1.807, 2.05) is 0 Å². The number of aryl methyl sites for hydroxylation is 2. The van der Waals surface area contributed by atoms with Crippen molar-refractivity contribution < 1.29 is 4.57 Å². The van der Waals surface area contributed by atoms with Crippen molar-refractivity contribution in [3.05, 3.63) is 35.5 Å². The fourth-order valence-electron chi connectivity index (χ4n) is 1.89. The van der Waals surface area contributed by atoms with Gasteiger partial charge in [-0.05, 0) is 19.4 Å². The van der Waals surface area contributed by atoms with Crippen LogP contribution >= 0.6 is 0 Å². The molecule has 1 rings (SSSR count). The highest BCUT2D eigenvalue weighted by Gasteiger charge is 1.99. The van der Waals surface area contributed by atoms with Crippen molar-refractivity contribution in [1.29, 1.82) is 5.26 Å². The first-order valence-electron chi connectivity index (χ1n) is 7.18. The van der Waals surface area contributed by atoms with Gasteiger partial charge in [0.25, 0.3) is 0 Å². The molecule has 0 amide bonds. The Morgan fingerprint density at radius 3 is 2.50 bits per heavy atom. The molecule has 0 saturated carbocycles. The van der Waals surface area contributed by atoms with Crippen LogP contribution in [0.1, 0.15) is 51.0 Å². The molecule has 0 radical (unpaired) electrons. The van der Waals surface area contributed by atoms with Gasteiger partial charge in [-0.3, -0.25) is 0 Å². The van der Waals surface area contributed by atoms with Crippen molar-refractivity contribution in [3.8, 4) is 6.19 Å². The molecule has 4 heteroatoms. The normalized spacial score (nSPS) is 8.85. The molecule has 108 valence electrons. The first-order valence-corrected chi connectivity index (χ1v) is 7.18. The van der Waals surface area contributed by atoms with E-state index in [-0.39, 0.29) is 0 Å². The largest absolute Gasteiger partial charge is 0.422 e. The van der Waals surface area contributed by atoms with Crippen molar-refractivity contribution in [3.63, 3.8) is 0 Å². The highest BCUT2D eigenvalue weighted by atomic mass is 14.9. The molecule has 0 aromatic carbocycles. The second-order valence-corrected chi connectivity index (χ2v) is 4.70. The topological polar surface area (TPSA) is 62.3 Å². The Morgan fingerprint density at radius 1 is 1.25 bits per heavy atom. The van der Waals surface area contributed by atoms with E-state index in [0.29, 0.717) is 0 Å². The molecule has 20 heavy (non-hydrogen) atoms. The summed E-state index contributed by atoms with van der Waals surface area (Å²) in [5, 5.41) is 14.9. The van der Waals surface area contributed by atoms with Gasteiger partial charge in [0.1, 0.15) is 6.54 Å². The van der Waals surface area contributed by atoms with E-state index in [0.717, 1.165) is 0 Å². The summed E-state index contributed by atoms with van der Waals surface area (Å²) in [6.07, 6.45) is 13.9. The van der Waals surface area contributed by atoms with Crippen molar-refractivity contribution in [2.24, 2.45) is 4.99 Å². The molecule has 0 saturated heterocycles. The number of nitriles is 1. The van der Waals surface area contributed by atoms with Gasteiger partial charge in [0, 0.05) is 18.1 Å². The van der Waals surface area contributed by atoms with E-state index in [1.165, 1.54) is 62.8 Å². The van der Waals surface area contributed by atoms with E-state index in [4.69, 9.17) is 10.7 Å². The maximum atomic E-state index is 7.43. The SMILES string of the molecule is CCCCCCCC[n+]1cccc(C)c1.N#CN=C=[N-]. The van der Waals surface area contributed by atoms with Crippen LogP contribution in [0.2, 0.25) is 0 Å². The Morgan fingerprint density at radius 2 is 1.95 bits per heavy atom. The molecule has 0 N–H and O–H groups in total. The Labute approximate surface area is 122 Å². The Kier molecular flexibility index (Phi) is 12.1. The highest BCUT2D eigenvalue weighted by Crippen LogP contribution is 2.04.